The number of aryl methyl sites for hydroxylation is 1. The lowest BCUT2D eigenvalue weighted by Gasteiger charge is -2.18. The molecule has 0 aliphatic rings. The summed E-state index contributed by atoms with van der Waals surface area (Å²) in [6.07, 6.45) is 2.70. The lowest BCUT2D eigenvalue weighted by Crippen LogP contribution is -2.25. The van der Waals surface area contributed by atoms with Gasteiger partial charge in [0.2, 0.25) is 0 Å². The Hall–Kier alpha value is -3.77. The van der Waals surface area contributed by atoms with Crippen molar-refractivity contribution in [3.63, 3.8) is 0 Å². The summed E-state index contributed by atoms with van der Waals surface area (Å²) in [6.45, 7) is 2.49. The summed E-state index contributed by atoms with van der Waals surface area (Å²) >= 11 is 1.37. The third-order valence-corrected chi connectivity index (χ3v) is 7.18. The summed E-state index contributed by atoms with van der Waals surface area (Å²) < 4.78 is 15.2. The molecule has 0 bridgehead atoms. The first kappa shape index (κ1) is 22.0. The zero-order chi connectivity index (χ0) is 23.5. The molecule has 6 heteroatoms. The topological polar surface area (TPSA) is 46.4 Å². The second-order valence-electron chi connectivity index (χ2n) is 8.22. The smallest absolute Gasteiger partial charge is 0.263 e. The Morgan fingerprint density at radius 1 is 0.971 bits per heavy atom. The largest absolute Gasteiger partial charge is 0.351 e. The highest BCUT2D eigenvalue weighted by Crippen LogP contribution is 2.29. The predicted octanol–water partition coefficient (Wildman–Crippen LogP) is 6.46. The number of carbonyl (C=O) groups is 1. The molecule has 0 aliphatic carbocycles. The second kappa shape index (κ2) is 9.61. The Balaban J connectivity index is 1.30. The number of aromatic nitrogens is 2. The van der Waals surface area contributed by atoms with Crippen LogP contribution in [-0.4, -0.2) is 21.8 Å². The average Bonchev–Trinajstić information content (AvgIpc) is 3.42. The monoisotopic (exact) mass is 469 g/mol. The first-order valence-electron chi connectivity index (χ1n) is 11.2. The lowest BCUT2D eigenvalue weighted by molar-refractivity contribution is 0.0956. The van der Waals surface area contributed by atoms with E-state index in [9.17, 15) is 9.18 Å². The fraction of sp³-hybridized carbons (Fsp3) is 0.143. The summed E-state index contributed by atoms with van der Waals surface area (Å²) in [4.78, 5) is 19.0. The van der Waals surface area contributed by atoms with Gasteiger partial charge in [-0.1, -0.05) is 72.0 Å². The molecule has 0 unspecified atom stereocenters. The van der Waals surface area contributed by atoms with Gasteiger partial charge in [-0.3, -0.25) is 9.20 Å². The molecular weight excluding hydrogens is 445 g/mol. The van der Waals surface area contributed by atoms with Crippen molar-refractivity contribution < 1.29 is 9.18 Å². The van der Waals surface area contributed by atoms with E-state index in [1.165, 1.54) is 34.6 Å². The number of rotatable bonds is 7. The Labute approximate surface area is 201 Å². The molecular formula is C28H24FN3OS. The number of imidazole rings is 1. The minimum Gasteiger partial charge on any atom is -0.351 e. The number of carbonyl (C=O) groups excluding carboxylic acids is 1. The molecule has 2 aromatic heterocycles. The highest BCUT2D eigenvalue weighted by Gasteiger charge is 2.19. The third-order valence-electron chi connectivity index (χ3n) is 6.03. The van der Waals surface area contributed by atoms with Crippen molar-refractivity contribution in [3.05, 3.63) is 119 Å². The van der Waals surface area contributed by atoms with E-state index in [2.05, 4.69) is 58.8 Å². The van der Waals surface area contributed by atoms with E-state index in [0.29, 0.717) is 11.4 Å². The fourth-order valence-corrected chi connectivity index (χ4v) is 5.25. The van der Waals surface area contributed by atoms with E-state index in [1.807, 2.05) is 29.7 Å². The number of nitrogens with zero attached hydrogens (tertiary/aromatic N) is 2. The van der Waals surface area contributed by atoms with Gasteiger partial charge in [-0.15, -0.1) is 0 Å². The Morgan fingerprint density at radius 2 is 1.59 bits per heavy atom. The van der Waals surface area contributed by atoms with Crippen molar-refractivity contribution in [2.24, 2.45) is 0 Å². The van der Waals surface area contributed by atoms with Gasteiger partial charge in [-0.05, 0) is 48.7 Å². The van der Waals surface area contributed by atoms with Crippen LogP contribution in [0.1, 0.15) is 38.8 Å². The molecule has 5 aromatic rings. The van der Waals surface area contributed by atoms with Crippen LogP contribution in [0.15, 0.2) is 91.1 Å². The summed E-state index contributed by atoms with van der Waals surface area (Å²) in [5.74, 6) is -0.152. The molecule has 34 heavy (non-hydrogen) atoms. The number of thiazole rings is 1. The molecule has 0 saturated carbocycles. The molecule has 0 spiro atoms. The maximum atomic E-state index is 13.2. The van der Waals surface area contributed by atoms with E-state index in [-0.39, 0.29) is 17.6 Å². The van der Waals surface area contributed by atoms with Crippen LogP contribution in [0.5, 0.6) is 0 Å². The molecule has 0 saturated heterocycles. The van der Waals surface area contributed by atoms with Crippen LogP contribution in [-0.2, 0) is 0 Å². The lowest BCUT2D eigenvalue weighted by atomic mass is 9.88. The third kappa shape index (κ3) is 4.50. The van der Waals surface area contributed by atoms with Gasteiger partial charge in [-0.25, -0.2) is 9.37 Å². The van der Waals surface area contributed by atoms with Crippen molar-refractivity contribution in [3.8, 4) is 11.3 Å². The minimum atomic E-state index is -0.276. The standard InChI is InChI=1S/C28H24FN3OS/c1-19-26(34-28-31-25(18-32(19)28)22-12-14-23(29)15-13-22)27(33)30-17-16-24(20-8-4-2-5-9-20)21-10-6-3-7-11-21/h2-15,18,24H,16-17H2,1H3,(H,30,33). The summed E-state index contributed by atoms with van der Waals surface area (Å²) in [5.41, 5.74) is 4.93. The highest BCUT2D eigenvalue weighted by atomic mass is 32.1. The first-order chi connectivity index (χ1) is 16.6. The number of amides is 1. The van der Waals surface area contributed by atoms with Crippen molar-refractivity contribution in [2.45, 2.75) is 19.3 Å². The maximum Gasteiger partial charge on any atom is 0.263 e. The molecule has 0 fully saturated rings. The van der Waals surface area contributed by atoms with Gasteiger partial charge >= 0.3 is 0 Å². The number of hydrogen-bond acceptors (Lipinski definition) is 3. The zero-order valence-corrected chi connectivity index (χ0v) is 19.6. The average molecular weight is 470 g/mol. The minimum absolute atomic E-state index is 0.0868. The molecule has 0 radical (unpaired) electrons. The Morgan fingerprint density at radius 3 is 2.18 bits per heavy atom. The van der Waals surface area contributed by atoms with Crippen LogP contribution in [0.4, 0.5) is 4.39 Å². The van der Waals surface area contributed by atoms with Crippen LogP contribution in [0.25, 0.3) is 16.2 Å². The Bertz CT molecular complexity index is 1370. The molecule has 2 heterocycles. The summed E-state index contributed by atoms with van der Waals surface area (Å²) in [5, 5.41) is 3.10. The normalized spacial score (nSPS) is 11.3. The first-order valence-corrected chi connectivity index (χ1v) is 12.0. The molecule has 4 nitrogen and oxygen atoms in total. The number of nitrogens with one attached hydrogen (secondary N) is 1. The number of hydrogen-bond donors (Lipinski definition) is 1. The fourth-order valence-electron chi connectivity index (χ4n) is 4.23. The van der Waals surface area contributed by atoms with E-state index in [0.717, 1.165) is 28.3 Å². The summed E-state index contributed by atoms with van der Waals surface area (Å²) in [6, 6.07) is 27.0. The van der Waals surface area contributed by atoms with Crippen LogP contribution >= 0.6 is 11.3 Å². The van der Waals surface area contributed by atoms with Crippen molar-refractivity contribution in [1.29, 1.82) is 0 Å². The molecule has 170 valence electrons. The quantitative estimate of drug-likeness (QED) is 0.297. The highest BCUT2D eigenvalue weighted by molar-refractivity contribution is 7.19. The van der Waals surface area contributed by atoms with Gasteiger partial charge in [0.15, 0.2) is 4.96 Å². The SMILES string of the molecule is Cc1c(C(=O)NCCC(c2ccccc2)c2ccccc2)sc2nc(-c3ccc(F)cc3)cn12. The van der Waals surface area contributed by atoms with Crippen LogP contribution in [0, 0.1) is 12.7 Å². The van der Waals surface area contributed by atoms with E-state index >= 15 is 0 Å². The molecule has 5 rings (SSSR count). The Kier molecular flexibility index (Phi) is 6.23. The van der Waals surface area contributed by atoms with Gasteiger partial charge in [0.1, 0.15) is 10.7 Å². The van der Waals surface area contributed by atoms with Gasteiger partial charge < -0.3 is 5.32 Å². The van der Waals surface area contributed by atoms with Crippen LogP contribution < -0.4 is 5.32 Å². The number of halogens is 1. The van der Waals surface area contributed by atoms with Crippen molar-refractivity contribution in [2.75, 3.05) is 6.54 Å². The van der Waals surface area contributed by atoms with Crippen molar-refractivity contribution in [1.82, 2.24) is 14.7 Å². The maximum absolute atomic E-state index is 13.2. The summed E-state index contributed by atoms with van der Waals surface area (Å²) in [7, 11) is 0. The molecule has 1 N–H and O–H groups in total. The van der Waals surface area contributed by atoms with Gasteiger partial charge in [0.25, 0.3) is 5.91 Å². The van der Waals surface area contributed by atoms with Gasteiger partial charge in [0.05, 0.1) is 5.69 Å². The van der Waals surface area contributed by atoms with E-state index in [1.54, 1.807) is 12.1 Å². The van der Waals surface area contributed by atoms with Crippen molar-refractivity contribution >= 4 is 22.2 Å². The van der Waals surface area contributed by atoms with Gasteiger partial charge in [0, 0.05) is 29.9 Å². The second-order valence-corrected chi connectivity index (χ2v) is 9.20. The number of fused-ring (bicyclic) bond motifs is 1. The van der Waals surface area contributed by atoms with E-state index in [4.69, 9.17) is 0 Å². The molecule has 0 aliphatic heterocycles. The number of benzene rings is 3. The molecule has 1 amide bonds. The predicted molar refractivity (Wildman–Crippen MR) is 135 cm³/mol. The van der Waals surface area contributed by atoms with E-state index < -0.39 is 0 Å². The van der Waals surface area contributed by atoms with Crippen LogP contribution in [0.3, 0.4) is 0 Å². The molecule has 0 atom stereocenters. The van der Waals surface area contributed by atoms with Crippen LogP contribution in [0.2, 0.25) is 0 Å². The molecule has 3 aromatic carbocycles. The van der Waals surface area contributed by atoms with Gasteiger partial charge in [-0.2, -0.15) is 0 Å². The zero-order valence-electron chi connectivity index (χ0n) is 18.7.